The normalized spacial score (nSPS) is 9.72. The van der Waals surface area contributed by atoms with E-state index in [-0.39, 0.29) is 24.0 Å². The molecule has 0 aliphatic rings. The van der Waals surface area contributed by atoms with E-state index >= 15 is 0 Å². The van der Waals surface area contributed by atoms with Crippen molar-refractivity contribution < 1.29 is 14.0 Å². The highest BCUT2D eigenvalue weighted by Crippen LogP contribution is 2.02. The van der Waals surface area contributed by atoms with Crippen LogP contribution in [0.1, 0.15) is 10.4 Å². The SMILES string of the molecule is CN(C)C(=O)NCCNC(=O)c1cccc(F)c1. The van der Waals surface area contributed by atoms with E-state index < -0.39 is 5.82 Å². The number of hydrogen-bond acceptors (Lipinski definition) is 2. The van der Waals surface area contributed by atoms with Gasteiger partial charge in [0.15, 0.2) is 0 Å². The largest absolute Gasteiger partial charge is 0.350 e. The summed E-state index contributed by atoms with van der Waals surface area (Å²) in [6.45, 7) is 0.604. The van der Waals surface area contributed by atoms with Crippen LogP contribution in [0.15, 0.2) is 24.3 Å². The maximum absolute atomic E-state index is 12.9. The van der Waals surface area contributed by atoms with Gasteiger partial charge >= 0.3 is 6.03 Å². The Morgan fingerprint density at radius 2 is 1.89 bits per heavy atom. The molecule has 1 aromatic rings. The second-order valence-corrected chi connectivity index (χ2v) is 3.89. The van der Waals surface area contributed by atoms with E-state index in [4.69, 9.17) is 0 Å². The lowest BCUT2D eigenvalue weighted by Gasteiger charge is -2.12. The van der Waals surface area contributed by atoms with Gasteiger partial charge in [0, 0.05) is 32.7 Å². The first-order valence-electron chi connectivity index (χ1n) is 5.49. The van der Waals surface area contributed by atoms with Gasteiger partial charge in [-0.15, -0.1) is 0 Å². The van der Waals surface area contributed by atoms with E-state index in [1.165, 1.54) is 23.1 Å². The Kier molecular flexibility index (Phi) is 5.10. The van der Waals surface area contributed by atoms with E-state index in [0.29, 0.717) is 6.54 Å². The van der Waals surface area contributed by atoms with Crippen LogP contribution in [0.3, 0.4) is 0 Å². The molecule has 0 heterocycles. The van der Waals surface area contributed by atoms with E-state index in [2.05, 4.69) is 10.6 Å². The van der Waals surface area contributed by atoms with Crippen molar-refractivity contribution in [2.75, 3.05) is 27.2 Å². The van der Waals surface area contributed by atoms with Crippen LogP contribution in [-0.2, 0) is 0 Å². The number of benzene rings is 1. The molecule has 3 amide bonds. The Balaban J connectivity index is 2.32. The van der Waals surface area contributed by atoms with E-state index in [0.717, 1.165) is 6.07 Å². The van der Waals surface area contributed by atoms with Crippen LogP contribution in [0.4, 0.5) is 9.18 Å². The number of urea groups is 1. The third-order valence-corrected chi connectivity index (χ3v) is 2.18. The number of amides is 3. The summed E-state index contributed by atoms with van der Waals surface area (Å²) in [6.07, 6.45) is 0. The van der Waals surface area contributed by atoms with Crippen LogP contribution < -0.4 is 10.6 Å². The first-order chi connectivity index (χ1) is 8.50. The van der Waals surface area contributed by atoms with Gasteiger partial charge in [-0.3, -0.25) is 4.79 Å². The molecule has 0 bridgehead atoms. The summed E-state index contributed by atoms with van der Waals surface area (Å²) in [7, 11) is 3.25. The topological polar surface area (TPSA) is 61.4 Å². The molecule has 0 radical (unpaired) electrons. The number of hydrogen-bond donors (Lipinski definition) is 2. The average Bonchev–Trinajstić information content (AvgIpc) is 2.33. The minimum atomic E-state index is -0.455. The van der Waals surface area contributed by atoms with Gasteiger partial charge in [-0.2, -0.15) is 0 Å². The summed E-state index contributed by atoms with van der Waals surface area (Å²) in [4.78, 5) is 24.1. The van der Waals surface area contributed by atoms with Crippen molar-refractivity contribution in [1.29, 1.82) is 0 Å². The molecule has 0 spiro atoms. The molecule has 1 aromatic carbocycles. The van der Waals surface area contributed by atoms with Crippen LogP contribution in [0, 0.1) is 5.82 Å². The predicted octanol–water partition coefficient (Wildman–Crippen LogP) is 0.827. The first kappa shape index (κ1) is 14.0. The second-order valence-electron chi connectivity index (χ2n) is 3.89. The number of halogens is 1. The molecule has 5 nitrogen and oxygen atoms in total. The van der Waals surface area contributed by atoms with Crippen LogP contribution in [-0.4, -0.2) is 44.0 Å². The maximum Gasteiger partial charge on any atom is 0.316 e. The summed E-state index contributed by atoms with van der Waals surface area (Å²) in [5.41, 5.74) is 0.258. The lowest BCUT2D eigenvalue weighted by Crippen LogP contribution is -2.39. The maximum atomic E-state index is 12.9. The summed E-state index contributed by atoms with van der Waals surface area (Å²) in [5.74, 6) is -0.822. The summed E-state index contributed by atoms with van der Waals surface area (Å²) < 4.78 is 12.9. The van der Waals surface area contributed by atoms with E-state index in [1.807, 2.05) is 0 Å². The number of nitrogens with one attached hydrogen (secondary N) is 2. The van der Waals surface area contributed by atoms with Crippen molar-refractivity contribution in [3.05, 3.63) is 35.6 Å². The predicted molar refractivity (Wildman–Crippen MR) is 65.8 cm³/mol. The van der Waals surface area contributed by atoms with Crippen molar-refractivity contribution in [3.63, 3.8) is 0 Å². The Bertz CT molecular complexity index is 435. The van der Waals surface area contributed by atoms with Crippen molar-refractivity contribution in [2.24, 2.45) is 0 Å². The average molecular weight is 253 g/mol. The highest BCUT2D eigenvalue weighted by molar-refractivity contribution is 5.94. The Labute approximate surface area is 105 Å². The zero-order valence-electron chi connectivity index (χ0n) is 10.4. The number of carbonyl (C=O) groups is 2. The Morgan fingerprint density at radius 3 is 2.50 bits per heavy atom. The summed E-state index contributed by atoms with van der Waals surface area (Å²) >= 11 is 0. The van der Waals surface area contributed by atoms with Gasteiger partial charge in [-0.25, -0.2) is 9.18 Å². The fraction of sp³-hybridized carbons (Fsp3) is 0.333. The molecule has 18 heavy (non-hydrogen) atoms. The molecule has 0 saturated heterocycles. The molecule has 2 N–H and O–H groups in total. The third kappa shape index (κ3) is 4.40. The molecule has 0 saturated carbocycles. The zero-order valence-corrected chi connectivity index (χ0v) is 10.4. The molecule has 98 valence electrons. The molecule has 0 fully saturated rings. The minimum absolute atomic E-state index is 0.227. The van der Waals surface area contributed by atoms with Gasteiger partial charge in [0.1, 0.15) is 5.82 Å². The van der Waals surface area contributed by atoms with Gasteiger partial charge in [0.2, 0.25) is 0 Å². The fourth-order valence-corrected chi connectivity index (χ4v) is 1.24. The molecular formula is C12H16FN3O2. The number of nitrogens with zero attached hydrogens (tertiary/aromatic N) is 1. The first-order valence-corrected chi connectivity index (χ1v) is 5.49. The monoisotopic (exact) mass is 253 g/mol. The van der Waals surface area contributed by atoms with Gasteiger partial charge in [-0.05, 0) is 18.2 Å². The van der Waals surface area contributed by atoms with E-state index in [1.54, 1.807) is 14.1 Å². The Hall–Kier alpha value is -2.11. The number of rotatable bonds is 4. The quantitative estimate of drug-likeness (QED) is 0.781. The lowest BCUT2D eigenvalue weighted by molar-refractivity contribution is 0.0953. The third-order valence-electron chi connectivity index (χ3n) is 2.18. The van der Waals surface area contributed by atoms with Crippen LogP contribution in [0.5, 0.6) is 0 Å². The van der Waals surface area contributed by atoms with Crippen molar-refractivity contribution >= 4 is 11.9 Å². The molecule has 0 aliphatic heterocycles. The summed E-state index contributed by atoms with van der Waals surface area (Å²) in [5, 5.41) is 5.18. The minimum Gasteiger partial charge on any atom is -0.350 e. The molecule has 0 unspecified atom stereocenters. The molecular weight excluding hydrogens is 237 g/mol. The number of carbonyl (C=O) groups excluding carboxylic acids is 2. The molecule has 0 atom stereocenters. The van der Waals surface area contributed by atoms with Crippen molar-refractivity contribution in [3.8, 4) is 0 Å². The van der Waals surface area contributed by atoms with Crippen LogP contribution in [0.2, 0.25) is 0 Å². The Morgan fingerprint density at radius 1 is 1.22 bits per heavy atom. The second kappa shape index (κ2) is 6.58. The smallest absolute Gasteiger partial charge is 0.316 e. The summed E-state index contributed by atoms with van der Waals surface area (Å²) in [6, 6.07) is 5.20. The van der Waals surface area contributed by atoms with E-state index in [9.17, 15) is 14.0 Å². The molecule has 1 rings (SSSR count). The zero-order chi connectivity index (χ0) is 13.5. The van der Waals surface area contributed by atoms with Crippen molar-refractivity contribution in [1.82, 2.24) is 15.5 Å². The van der Waals surface area contributed by atoms with Gasteiger partial charge < -0.3 is 15.5 Å². The molecule has 0 aliphatic carbocycles. The highest BCUT2D eigenvalue weighted by atomic mass is 19.1. The standard InChI is InChI=1S/C12H16FN3O2/c1-16(2)12(18)15-7-6-14-11(17)9-4-3-5-10(13)8-9/h3-5,8H,6-7H2,1-2H3,(H,14,17)(H,15,18). The van der Waals surface area contributed by atoms with Crippen LogP contribution >= 0.6 is 0 Å². The molecule has 0 aromatic heterocycles. The highest BCUT2D eigenvalue weighted by Gasteiger charge is 2.06. The van der Waals surface area contributed by atoms with Gasteiger partial charge in [0.05, 0.1) is 0 Å². The van der Waals surface area contributed by atoms with Crippen molar-refractivity contribution in [2.45, 2.75) is 0 Å². The van der Waals surface area contributed by atoms with Gasteiger partial charge in [0.25, 0.3) is 5.91 Å². The van der Waals surface area contributed by atoms with Crippen LogP contribution in [0.25, 0.3) is 0 Å². The molecule has 6 heteroatoms. The lowest BCUT2D eigenvalue weighted by atomic mass is 10.2. The van der Waals surface area contributed by atoms with Gasteiger partial charge in [-0.1, -0.05) is 6.07 Å². The fourth-order valence-electron chi connectivity index (χ4n) is 1.24.